The maximum atomic E-state index is 13.7. The lowest BCUT2D eigenvalue weighted by molar-refractivity contribution is -0.123. The number of anilines is 2. The lowest BCUT2D eigenvalue weighted by Gasteiger charge is -2.30. The Hall–Kier alpha value is -3.87. The van der Waals surface area contributed by atoms with E-state index in [1.165, 1.54) is 6.26 Å². The van der Waals surface area contributed by atoms with Crippen molar-refractivity contribution in [2.24, 2.45) is 5.92 Å². The molecule has 168 valence electrons. The van der Waals surface area contributed by atoms with Crippen molar-refractivity contribution in [1.82, 2.24) is 5.32 Å². The molecule has 1 aromatic heterocycles. The van der Waals surface area contributed by atoms with Gasteiger partial charge in [-0.2, -0.15) is 0 Å². The van der Waals surface area contributed by atoms with Gasteiger partial charge in [0.25, 0.3) is 5.91 Å². The van der Waals surface area contributed by atoms with Gasteiger partial charge in [0, 0.05) is 6.04 Å². The van der Waals surface area contributed by atoms with E-state index in [1.807, 2.05) is 59.5 Å². The van der Waals surface area contributed by atoms with Crippen LogP contribution < -0.4 is 15.1 Å². The van der Waals surface area contributed by atoms with Crippen molar-refractivity contribution in [1.29, 1.82) is 0 Å². The Bertz CT molecular complexity index is 1160. The number of furan rings is 1. The van der Waals surface area contributed by atoms with Gasteiger partial charge in [-0.05, 0) is 42.7 Å². The number of carbonyl (C=O) groups is 3. The molecule has 5 rings (SSSR count). The minimum absolute atomic E-state index is 0.0451. The maximum absolute atomic E-state index is 13.7. The summed E-state index contributed by atoms with van der Waals surface area (Å²) >= 11 is 0. The molecule has 2 aromatic carbocycles. The van der Waals surface area contributed by atoms with Crippen LogP contribution in [-0.2, 0) is 16.1 Å². The van der Waals surface area contributed by atoms with Crippen LogP contribution in [0, 0.1) is 5.92 Å². The van der Waals surface area contributed by atoms with Gasteiger partial charge < -0.3 is 19.5 Å². The van der Waals surface area contributed by atoms with Crippen LogP contribution in [0.1, 0.15) is 35.4 Å². The SMILES string of the molecule is O=C(NCC(=O)N1c2ccccc2N(Cc2ccccc2)C(=O)C2CCCC21)c1ccco1. The quantitative estimate of drug-likeness (QED) is 0.651. The number of rotatable bonds is 5. The second-order valence-electron chi connectivity index (χ2n) is 8.43. The number of benzene rings is 2. The fraction of sp³-hybridized carbons (Fsp3) is 0.269. The minimum Gasteiger partial charge on any atom is -0.459 e. The average Bonchev–Trinajstić information content (AvgIpc) is 3.53. The highest BCUT2D eigenvalue weighted by Gasteiger charge is 2.45. The summed E-state index contributed by atoms with van der Waals surface area (Å²) in [7, 11) is 0. The van der Waals surface area contributed by atoms with Gasteiger partial charge in [0.2, 0.25) is 11.8 Å². The van der Waals surface area contributed by atoms with E-state index in [9.17, 15) is 14.4 Å². The van der Waals surface area contributed by atoms with Crippen molar-refractivity contribution in [3.63, 3.8) is 0 Å². The number of para-hydroxylation sites is 2. The number of hydrogen-bond acceptors (Lipinski definition) is 4. The van der Waals surface area contributed by atoms with Gasteiger partial charge in [-0.1, -0.05) is 48.9 Å². The molecule has 2 aliphatic rings. The van der Waals surface area contributed by atoms with Crippen molar-refractivity contribution in [2.75, 3.05) is 16.3 Å². The summed E-state index contributed by atoms with van der Waals surface area (Å²) in [6, 6.07) is 20.3. The molecule has 3 aromatic rings. The molecular weight excluding hydrogens is 418 g/mol. The lowest BCUT2D eigenvalue weighted by Crippen LogP contribution is -2.48. The molecule has 0 radical (unpaired) electrons. The third kappa shape index (κ3) is 4.02. The van der Waals surface area contributed by atoms with Crippen LogP contribution in [0.3, 0.4) is 0 Å². The summed E-state index contributed by atoms with van der Waals surface area (Å²) < 4.78 is 5.12. The van der Waals surface area contributed by atoms with Gasteiger partial charge in [-0.15, -0.1) is 0 Å². The molecular formula is C26H25N3O4. The van der Waals surface area contributed by atoms with E-state index in [4.69, 9.17) is 4.42 Å². The Balaban J connectivity index is 1.47. The van der Waals surface area contributed by atoms with E-state index in [2.05, 4.69) is 5.32 Å². The van der Waals surface area contributed by atoms with E-state index in [1.54, 1.807) is 17.0 Å². The molecule has 1 fully saturated rings. The van der Waals surface area contributed by atoms with E-state index >= 15 is 0 Å². The minimum atomic E-state index is -0.443. The zero-order chi connectivity index (χ0) is 22.8. The standard InChI is InChI=1S/C26H25N3O4/c30-24(16-27-25(31)23-14-7-15-33-23)29-20-13-6-10-19(20)26(32)28(17-18-8-2-1-3-9-18)21-11-4-5-12-22(21)29/h1-5,7-9,11-12,14-15,19-20H,6,10,13,16-17H2,(H,27,31). The Morgan fingerprint density at radius 3 is 2.45 bits per heavy atom. The monoisotopic (exact) mass is 443 g/mol. The largest absolute Gasteiger partial charge is 0.459 e. The Labute approximate surface area is 192 Å². The molecule has 1 aliphatic heterocycles. The Morgan fingerprint density at radius 1 is 0.939 bits per heavy atom. The highest BCUT2D eigenvalue weighted by atomic mass is 16.3. The van der Waals surface area contributed by atoms with Crippen molar-refractivity contribution >= 4 is 29.1 Å². The van der Waals surface area contributed by atoms with Crippen LogP contribution in [0.4, 0.5) is 11.4 Å². The van der Waals surface area contributed by atoms with Gasteiger partial charge in [0.1, 0.15) is 0 Å². The molecule has 7 heteroatoms. The molecule has 2 unspecified atom stereocenters. The lowest BCUT2D eigenvalue weighted by atomic mass is 10.0. The zero-order valence-electron chi connectivity index (χ0n) is 18.1. The molecule has 3 amide bonds. The van der Waals surface area contributed by atoms with Crippen LogP contribution in [0.25, 0.3) is 0 Å². The number of fused-ring (bicyclic) bond motifs is 2. The Kier molecular flexibility index (Phi) is 5.69. The van der Waals surface area contributed by atoms with Gasteiger partial charge in [0.15, 0.2) is 5.76 Å². The number of amides is 3. The number of carbonyl (C=O) groups excluding carboxylic acids is 3. The van der Waals surface area contributed by atoms with E-state index in [-0.39, 0.29) is 36.1 Å². The van der Waals surface area contributed by atoms with Gasteiger partial charge in [-0.25, -0.2) is 0 Å². The van der Waals surface area contributed by atoms with Crippen molar-refractivity contribution in [3.05, 3.63) is 84.3 Å². The zero-order valence-corrected chi connectivity index (χ0v) is 18.1. The second-order valence-corrected chi connectivity index (χ2v) is 8.43. The summed E-state index contributed by atoms with van der Waals surface area (Å²) in [5, 5.41) is 2.65. The molecule has 2 heterocycles. The third-order valence-corrected chi connectivity index (χ3v) is 6.42. The van der Waals surface area contributed by atoms with Gasteiger partial charge >= 0.3 is 0 Å². The number of hydrogen-bond donors (Lipinski definition) is 1. The summed E-state index contributed by atoms with van der Waals surface area (Å²) in [6.07, 6.45) is 3.79. The molecule has 33 heavy (non-hydrogen) atoms. The van der Waals surface area contributed by atoms with Crippen LogP contribution >= 0.6 is 0 Å². The summed E-state index contributed by atoms with van der Waals surface area (Å²) in [4.78, 5) is 43.0. The summed E-state index contributed by atoms with van der Waals surface area (Å²) in [5.74, 6) is -0.758. The van der Waals surface area contributed by atoms with Crippen molar-refractivity contribution < 1.29 is 18.8 Å². The van der Waals surface area contributed by atoms with E-state index in [0.29, 0.717) is 17.9 Å². The molecule has 1 aliphatic carbocycles. The maximum Gasteiger partial charge on any atom is 0.287 e. The highest BCUT2D eigenvalue weighted by Crippen LogP contribution is 2.43. The molecule has 0 saturated heterocycles. The van der Waals surface area contributed by atoms with Gasteiger partial charge in [0.05, 0.1) is 36.6 Å². The van der Waals surface area contributed by atoms with E-state index in [0.717, 1.165) is 24.8 Å². The third-order valence-electron chi connectivity index (χ3n) is 6.42. The van der Waals surface area contributed by atoms with Crippen molar-refractivity contribution in [3.8, 4) is 0 Å². The van der Waals surface area contributed by atoms with Crippen LogP contribution in [0.15, 0.2) is 77.4 Å². The van der Waals surface area contributed by atoms with Crippen LogP contribution in [-0.4, -0.2) is 30.3 Å². The summed E-state index contributed by atoms with van der Waals surface area (Å²) in [5.41, 5.74) is 2.44. The van der Waals surface area contributed by atoms with E-state index < -0.39 is 5.91 Å². The number of nitrogens with one attached hydrogen (secondary N) is 1. The first-order valence-corrected chi connectivity index (χ1v) is 11.2. The van der Waals surface area contributed by atoms with Crippen molar-refractivity contribution in [2.45, 2.75) is 31.8 Å². The fourth-order valence-electron chi connectivity index (χ4n) is 4.92. The smallest absolute Gasteiger partial charge is 0.287 e. The predicted molar refractivity (Wildman–Crippen MR) is 124 cm³/mol. The van der Waals surface area contributed by atoms with Gasteiger partial charge in [-0.3, -0.25) is 14.4 Å². The first-order chi connectivity index (χ1) is 16.1. The molecule has 0 bridgehead atoms. The molecule has 1 N–H and O–H groups in total. The Morgan fingerprint density at radius 2 is 1.70 bits per heavy atom. The normalized spacial score (nSPS) is 19.6. The average molecular weight is 444 g/mol. The topological polar surface area (TPSA) is 82.9 Å². The second kappa shape index (κ2) is 8.94. The summed E-state index contributed by atoms with van der Waals surface area (Å²) in [6.45, 7) is 0.265. The fourth-order valence-corrected chi connectivity index (χ4v) is 4.92. The molecule has 2 atom stereocenters. The van der Waals surface area contributed by atoms with Crippen LogP contribution in [0.5, 0.6) is 0 Å². The molecule has 0 spiro atoms. The first-order valence-electron chi connectivity index (χ1n) is 11.2. The highest BCUT2D eigenvalue weighted by molar-refractivity contribution is 6.08. The molecule has 1 saturated carbocycles. The predicted octanol–water partition coefficient (Wildman–Crippen LogP) is 3.76. The first kappa shape index (κ1) is 21.0. The molecule has 7 nitrogen and oxygen atoms in total. The number of nitrogens with zero attached hydrogens (tertiary/aromatic N) is 2. The van der Waals surface area contributed by atoms with Crippen LogP contribution in [0.2, 0.25) is 0 Å².